The van der Waals surface area contributed by atoms with Crippen LogP contribution in [0.1, 0.15) is 34.7 Å². The van der Waals surface area contributed by atoms with Gasteiger partial charge in [0.2, 0.25) is 0 Å². The summed E-state index contributed by atoms with van der Waals surface area (Å²) in [6.45, 7) is 7.27. The lowest BCUT2D eigenvalue weighted by Crippen LogP contribution is -2.50. The summed E-state index contributed by atoms with van der Waals surface area (Å²) >= 11 is 1.79. The highest BCUT2D eigenvalue weighted by Gasteiger charge is 2.23. The van der Waals surface area contributed by atoms with Gasteiger partial charge < -0.3 is 14.7 Å². The third-order valence-corrected chi connectivity index (χ3v) is 5.58. The second kappa shape index (κ2) is 8.01. The van der Waals surface area contributed by atoms with Crippen molar-refractivity contribution in [2.75, 3.05) is 20.1 Å². The number of hydrogen-bond acceptors (Lipinski definition) is 5. The van der Waals surface area contributed by atoms with Gasteiger partial charge in [-0.2, -0.15) is 0 Å². The predicted octanol–water partition coefficient (Wildman–Crippen LogP) is 3.16. The summed E-state index contributed by atoms with van der Waals surface area (Å²) in [6, 6.07) is 4.42. The summed E-state index contributed by atoms with van der Waals surface area (Å²) < 4.78 is 5.18. The smallest absolute Gasteiger partial charge is 0.317 e. The fourth-order valence-electron chi connectivity index (χ4n) is 3.26. The fourth-order valence-corrected chi connectivity index (χ4v) is 4.01. The Morgan fingerprint density at radius 3 is 3.04 bits per heavy atom. The molecule has 3 rings (SSSR count). The van der Waals surface area contributed by atoms with Gasteiger partial charge in [-0.1, -0.05) is 11.2 Å². The number of carbonyl (C=O) groups excluding carboxylic acids is 1. The molecule has 1 unspecified atom stereocenters. The van der Waals surface area contributed by atoms with Crippen LogP contribution in [0.3, 0.4) is 0 Å². The minimum Gasteiger partial charge on any atom is -0.361 e. The first-order valence-corrected chi connectivity index (χ1v) is 9.59. The first-order chi connectivity index (χ1) is 12.0. The van der Waals surface area contributed by atoms with Crippen LogP contribution in [0.5, 0.6) is 0 Å². The van der Waals surface area contributed by atoms with Gasteiger partial charge >= 0.3 is 6.03 Å². The minimum absolute atomic E-state index is 0.0389. The Labute approximate surface area is 152 Å². The molecule has 0 bridgehead atoms. The fraction of sp³-hybridized carbons (Fsp3) is 0.556. The molecule has 25 heavy (non-hydrogen) atoms. The molecule has 0 aliphatic carbocycles. The van der Waals surface area contributed by atoms with Crippen LogP contribution in [0, 0.1) is 13.8 Å². The highest BCUT2D eigenvalue weighted by molar-refractivity contribution is 7.09. The van der Waals surface area contributed by atoms with Crippen molar-refractivity contribution in [2.24, 2.45) is 0 Å². The monoisotopic (exact) mass is 362 g/mol. The van der Waals surface area contributed by atoms with Crippen LogP contribution in [0.2, 0.25) is 0 Å². The number of rotatable bonds is 5. The lowest BCUT2D eigenvalue weighted by Gasteiger charge is -2.33. The van der Waals surface area contributed by atoms with Gasteiger partial charge in [0.1, 0.15) is 5.76 Å². The van der Waals surface area contributed by atoms with Gasteiger partial charge in [0.15, 0.2) is 0 Å². The standard InChI is InChI=1S/C18H26N4O2S/c1-13-17(14(2)24-20-13)12-21(3)18(23)19-15-6-4-8-22(10-15)11-16-7-5-9-25-16/h5,7,9,15H,4,6,8,10-12H2,1-3H3,(H,19,23). The molecule has 2 aromatic rings. The molecule has 7 heteroatoms. The Kier molecular flexibility index (Phi) is 5.75. The highest BCUT2D eigenvalue weighted by Crippen LogP contribution is 2.18. The summed E-state index contributed by atoms with van der Waals surface area (Å²) in [6.07, 6.45) is 2.15. The number of amides is 2. The van der Waals surface area contributed by atoms with Crippen LogP contribution < -0.4 is 5.32 Å². The van der Waals surface area contributed by atoms with Crippen molar-refractivity contribution >= 4 is 17.4 Å². The molecule has 2 amide bonds. The van der Waals surface area contributed by atoms with Crippen molar-refractivity contribution in [1.82, 2.24) is 20.3 Å². The first kappa shape index (κ1) is 17.9. The topological polar surface area (TPSA) is 61.6 Å². The van der Waals surface area contributed by atoms with Crippen molar-refractivity contribution in [3.63, 3.8) is 0 Å². The number of thiophene rings is 1. The number of carbonyl (C=O) groups is 1. The van der Waals surface area contributed by atoms with Gasteiger partial charge in [-0.15, -0.1) is 11.3 Å². The van der Waals surface area contributed by atoms with E-state index in [4.69, 9.17) is 4.52 Å². The summed E-state index contributed by atoms with van der Waals surface area (Å²) in [5.41, 5.74) is 1.83. The molecule has 1 fully saturated rings. The summed E-state index contributed by atoms with van der Waals surface area (Å²) in [5.74, 6) is 0.775. The van der Waals surface area contributed by atoms with Crippen LogP contribution in [-0.2, 0) is 13.1 Å². The molecule has 1 N–H and O–H groups in total. The van der Waals surface area contributed by atoms with E-state index in [1.165, 1.54) is 4.88 Å². The molecular weight excluding hydrogens is 336 g/mol. The van der Waals surface area contributed by atoms with Crippen molar-refractivity contribution < 1.29 is 9.32 Å². The average molecular weight is 362 g/mol. The maximum Gasteiger partial charge on any atom is 0.317 e. The van der Waals surface area contributed by atoms with E-state index < -0.39 is 0 Å². The number of piperidine rings is 1. The highest BCUT2D eigenvalue weighted by atomic mass is 32.1. The molecule has 1 aliphatic heterocycles. The predicted molar refractivity (Wildman–Crippen MR) is 98.6 cm³/mol. The number of hydrogen-bond donors (Lipinski definition) is 1. The van der Waals surface area contributed by atoms with Crippen molar-refractivity contribution in [1.29, 1.82) is 0 Å². The Balaban J connectivity index is 1.51. The van der Waals surface area contributed by atoms with E-state index in [1.54, 1.807) is 16.2 Å². The van der Waals surface area contributed by atoms with Gasteiger partial charge in [0, 0.05) is 36.6 Å². The van der Waals surface area contributed by atoms with Gasteiger partial charge in [0.25, 0.3) is 0 Å². The molecule has 1 saturated heterocycles. The molecular formula is C18H26N4O2S. The Hall–Kier alpha value is -1.86. The van der Waals surface area contributed by atoms with Gasteiger partial charge in [-0.3, -0.25) is 4.90 Å². The van der Waals surface area contributed by atoms with E-state index in [-0.39, 0.29) is 12.1 Å². The molecule has 2 aromatic heterocycles. The number of aromatic nitrogens is 1. The van der Waals surface area contributed by atoms with E-state index in [1.807, 2.05) is 20.9 Å². The largest absolute Gasteiger partial charge is 0.361 e. The van der Waals surface area contributed by atoms with E-state index in [9.17, 15) is 4.79 Å². The molecule has 1 aliphatic rings. The van der Waals surface area contributed by atoms with Crippen molar-refractivity contribution in [2.45, 2.75) is 45.8 Å². The molecule has 136 valence electrons. The second-order valence-corrected chi connectivity index (χ2v) is 7.79. The Morgan fingerprint density at radius 2 is 2.36 bits per heavy atom. The maximum absolute atomic E-state index is 12.5. The number of nitrogens with one attached hydrogen (secondary N) is 1. The Morgan fingerprint density at radius 1 is 1.52 bits per heavy atom. The van der Waals surface area contributed by atoms with Gasteiger partial charge in [-0.25, -0.2) is 4.79 Å². The number of urea groups is 1. The van der Waals surface area contributed by atoms with Crippen LogP contribution in [0.15, 0.2) is 22.0 Å². The van der Waals surface area contributed by atoms with Gasteiger partial charge in [-0.05, 0) is 44.7 Å². The van der Waals surface area contributed by atoms with E-state index in [0.717, 1.165) is 49.5 Å². The first-order valence-electron chi connectivity index (χ1n) is 8.71. The SMILES string of the molecule is Cc1noc(C)c1CN(C)C(=O)NC1CCCN(Cc2cccs2)C1. The summed E-state index contributed by atoms with van der Waals surface area (Å²) in [5, 5.41) is 9.24. The number of aryl methyl sites for hydroxylation is 2. The molecule has 6 nitrogen and oxygen atoms in total. The third kappa shape index (κ3) is 4.61. The van der Waals surface area contributed by atoms with Crippen LogP contribution in [0.25, 0.3) is 0 Å². The third-order valence-electron chi connectivity index (χ3n) is 4.72. The second-order valence-electron chi connectivity index (χ2n) is 6.76. The van der Waals surface area contributed by atoms with Crippen LogP contribution in [0.4, 0.5) is 4.79 Å². The average Bonchev–Trinajstić information content (AvgIpc) is 3.20. The van der Waals surface area contributed by atoms with Crippen LogP contribution >= 0.6 is 11.3 Å². The van der Waals surface area contributed by atoms with Crippen molar-refractivity contribution in [3.05, 3.63) is 39.4 Å². The number of nitrogens with zero attached hydrogens (tertiary/aromatic N) is 3. The summed E-state index contributed by atoms with van der Waals surface area (Å²) in [4.78, 5) is 18.0. The number of likely N-dealkylation sites (tertiary alicyclic amines) is 1. The lowest BCUT2D eigenvalue weighted by atomic mass is 10.1. The molecule has 0 saturated carbocycles. The normalized spacial score (nSPS) is 18.3. The lowest BCUT2D eigenvalue weighted by molar-refractivity contribution is 0.168. The maximum atomic E-state index is 12.5. The van der Waals surface area contributed by atoms with Crippen molar-refractivity contribution in [3.8, 4) is 0 Å². The molecule has 0 aromatic carbocycles. The molecule has 0 spiro atoms. The zero-order valence-electron chi connectivity index (χ0n) is 15.1. The zero-order valence-corrected chi connectivity index (χ0v) is 15.9. The molecule has 1 atom stereocenters. The van der Waals surface area contributed by atoms with E-state index in [2.05, 4.69) is 32.9 Å². The zero-order chi connectivity index (χ0) is 17.8. The Bertz CT molecular complexity index is 679. The van der Waals surface area contributed by atoms with Gasteiger partial charge in [0.05, 0.1) is 12.2 Å². The quantitative estimate of drug-likeness (QED) is 0.887. The van der Waals surface area contributed by atoms with Crippen LogP contribution in [-0.4, -0.2) is 47.2 Å². The molecule has 0 radical (unpaired) electrons. The van der Waals surface area contributed by atoms with E-state index >= 15 is 0 Å². The minimum atomic E-state index is -0.0389. The summed E-state index contributed by atoms with van der Waals surface area (Å²) in [7, 11) is 1.81. The van der Waals surface area contributed by atoms with E-state index in [0.29, 0.717) is 6.54 Å². The molecule has 3 heterocycles.